The predicted molar refractivity (Wildman–Crippen MR) is 129 cm³/mol. The molecule has 0 unspecified atom stereocenters. The van der Waals surface area contributed by atoms with Crippen molar-refractivity contribution < 1.29 is 24.1 Å². The van der Waals surface area contributed by atoms with Crippen LogP contribution in [-0.4, -0.2) is 52.4 Å². The number of imidazole rings is 1. The van der Waals surface area contributed by atoms with Crippen LogP contribution in [0.15, 0.2) is 67.3 Å². The third kappa shape index (κ3) is 6.08. The summed E-state index contributed by atoms with van der Waals surface area (Å²) in [6.45, 7) is 3.42. The molecule has 1 aromatic heterocycles. The fourth-order valence-electron chi connectivity index (χ4n) is 3.98. The Morgan fingerprint density at radius 1 is 1.26 bits per heavy atom. The van der Waals surface area contributed by atoms with Gasteiger partial charge in [-0.25, -0.2) is 9.78 Å². The van der Waals surface area contributed by atoms with E-state index in [0.29, 0.717) is 49.2 Å². The van der Waals surface area contributed by atoms with Crippen molar-refractivity contribution >= 4 is 23.4 Å². The van der Waals surface area contributed by atoms with E-state index in [1.165, 1.54) is 4.90 Å². The molecule has 0 bridgehead atoms. The molecule has 180 valence electrons. The Labute approximate surface area is 203 Å². The highest BCUT2D eigenvalue weighted by Gasteiger charge is 2.42. The molecule has 2 atom stereocenters. The number of carboxylic acid groups (broad SMARTS) is 1. The van der Waals surface area contributed by atoms with E-state index in [-0.39, 0.29) is 6.10 Å². The second-order valence-corrected chi connectivity index (χ2v) is 8.59. The van der Waals surface area contributed by atoms with Gasteiger partial charge in [0.05, 0.1) is 19.5 Å². The van der Waals surface area contributed by atoms with Crippen LogP contribution in [0.4, 0.5) is 10.5 Å². The fraction of sp³-hybridized carbons (Fsp3) is 0.360. The van der Waals surface area contributed by atoms with Gasteiger partial charge in [-0.05, 0) is 55.3 Å². The minimum Gasteiger partial charge on any atom is -0.491 e. The summed E-state index contributed by atoms with van der Waals surface area (Å²) in [6.07, 6.45) is 5.59. The van der Waals surface area contributed by atoms with Crippen molar-refractivity contribution in [3.63, 3.8) is 0 Å². The first-order valence-electron chi connectivity index (χ1n) is 11.2. The summed E-state index contributed by atoms with van der Waals surface area (Å²) in [5, 5.41) is 9.97. The summed E-state index contributed by atoms with van der Waals surface area (Å²) in [4.78, 5) is 16.7. The molecule has 1 saturated heterocycles. The Morgan fingerprint density at radius 3 is 2.68 bits per heavy atom. The van der Waals surface area contributed by atoms with Crippen LogP contribution in [-0.2, 0) is 22.4 Å². The molecule has 1 aliphatic rings. The minimum atomic E-state index is -0.986. The van der Waals surface area contributed by atoms with E-state index >= 15 is 0 Å². The number of nitrogens with zero attached hydrogens (tertiary/aromatic N) is 3. The number of carbonyl (C=O) groups is 1. The molecule has 0 spiro atoms. The maximum atomic E-state index is 11.3. The number of anilines is 1. The van der Waals surface area contributed by atoms with E-state index in [9.17, 15) is 9.90 Å². The summed E-state index contributed by atoms with van der Waals surface area (Å²) in [5.74, 6) is -0.150. The van der Waals surface area contributed by atoms with Crippen LogP contribution in [0.25, 0.3) is 0 Å². The first kappa shape index (κ1) is 24.1. The summed E-state index contributed by atoms with van der Waals surface area (Å²) < 4.78 is 20.5. The minimum absolute atomic E-state index is 0.237. The normalized spacial score (nSPS) is 19.8. The molecular formula is C25H28ClN3O5. The van der Waals surface area contributed by atoms with E-state index < -0.39 is 11.9 Å². The van der Waals surface area contributed by atoms with Crippen molar-refractivity contribution in [2.45, 2.75) is 38.2 Å². The van der Waals surface area contributed by atoms with Crippen LogP contribution < -0.4 is 9.64 Å². The van der Waals surface area contributed by atoms with Gasteiger partial charge < -0.3 is 23.9 Å². The molecule has 0 radical (unpaired) electrons. The summed E-state index contributed by atoms with van der Waals surface area (Å²) in [7, 11) is 0. The van der Waals surface area contributed by atoms with Gasteiger partial charge in [0.15, 0.2) is 5.79 Å². The number of halogens is 1. The third-order valence-electron chi connectivity index (χ3n) is 5.74. The molecule has 2 heterocycles. The van der Waals surface area contributed by atoms with Gasteiger partial charge >= 0.3 is 6.09 Å². The van der Waals surface area contributed by atoms with E-state index in [1.807, 2.05) is 35.0 Å². The number of rotatable bonds is 10. The van der Waals surface area contributed by atoms with Gasteiger partial charge in [0, 0.05) is 36.1 Å². The SMILES string of the molecule is CCN(C(=O)O)c1ccc(OC[C@H]2CO[C@@](CCc3ccc(Cl)cc3)(Cn3ccnc3)O2)cc1. The van der Waals surface area contributed by atoms with Gasteiger partial charge in [-0.3, -0.25) is 4.90 Å². The zero-order valence-electron chi connectivity index (χ0n) is 19.0. The van der Waals surface area contributed by atoms with Gasteiger partial charge in [-0.1, -0.05) is 23.7 Å². The Balaban J connectivity index is 1.37. The van der Waals surface area contributed by atoms with Crippen LogP contribution in [0.3, 0.4) is 0 Å². The van der Waals surface area contributed by atoms with Crippen molar-refractivity contribution in [3.05, 3.63) is 77.8 Å². The lowest BCUT2D eigenvalue weighted by molar-refractivity contribution is -0.184. The molecule has 1 fully saturated rings. The number of aryl methyl sites for hydroxylation is 1. The van der Waals surface area contributed by atoms with Crippen LogP contribution in [0, 0.1) is 0 Å². The number of benzene rings is 2. The van der Waals surface area contributed by atoms with Crippen LogP contribution >= 0.6 is 11.6 Å². The van der Waals surface area contributed by atoms with Crippen molar-refractivity contribution in [2.75, 3.05) is 24.7 Å². The standard InChI is InChI=1S/C25H28ClN3O5/c1-2-29(24(30)31)21-7-9-22(10-8-21)32-15-23-16-33-25(34-23,17-28-14-13-27-18-28)12-11-19-3-5-20(26)6-4-19/h3-10,13-14,18,23H,2,11-12,15-17H2,1H3,(H,30,31)/t23-,25+/m0/s1. The summed E-state index contributed by atoms with van der Waals surface area (Å²) >= 11 is 6.01. The largest absolute Gasteiger partial charge is 0.491 e. The van der Waals surface area contributed by atoms with Gasteiger partial charge in [-0.2, -0.15) is 0 Å². The quantitative estimate of drug-likeness (QED) is 0.441. The molecule has 9 heteroatoms. The Kier molecular flexibility index (Phi) is 7.72. The molecule has 1 amide bonds. The number of hydrogen-bond acceptors (Lipinski definition) is 5. The van der Waals surface area contributed by atoms with E-state index in [4.69, 9.17) is 25.8 Å². The molecule has 4 rings (SSSR count). The van der Waals surface area contributed by atoms with Gasteiger partial charge in [0.2, 0.25) is 0 Å². The smallest absolute Gasteiger partial charge is 0.411 e. The predicted octanol–water partition coefficient (Wildman–Crippen LogP) is 4.86. The zero-order valence-corrected chi connectivity index (χ0v) is 19.7. The van der Waals surface area contributed by atoms with Crippen molar-refractivity contribution in [3.8, 4) is 5.75 Å². The first-order valence-corrected chi connectivity index (χ1v) is 11.6. The lowest BCUT2D eigenvalue weighted by Gasteiger charge is -2.28. The van der Waals surface area contributed by atoms with Gasteiger partial charge in [0.1, 0.15) is 18.5 Å². The Hall–Kier alpha value is -3.07. The molecule has 0 aliphatic carbocycles. The maximum Gasteiger partial charge on any atom is 0.411 e. The van der Waals surface area contributed by atoms with Crippen LogP contribution in [0.2, 0.25) is 5.02 Å². The van der Waals surface area contributed by atoms with Gasteiger partial charge in [0.25, 0.3) is 0 Å². The number of aromatic nitrogens is 2. The summed E-state index contributed by atoms with van der Waals surface area (Å²) in [5.41, 5.74) is 1.76. The van der Waals surface area contributed by atoms with Crippen molar-refractivity contribution in [1.82, 2.24) is 9.55 Å². The number of ether oxygens (including phenoxy) is 3. The zero-order chi connectivity index (χ0) is 24.0. The highest BCUT2D eigenvalue weighted by molar-refractivity contribution is 6.30. The summed E-state index contributed by atoms with van der Waals surface area (Å²) in [6, 6.07) is 14.8. The second kappa shape index (κ2) is 10.9. The average Bonchev–Trinajstić information content (AvgIpc) is 3.49. The fourth-order valence-corrected chi connectivity index (χ4v) is 4.10. The average molecular weight is 486 g/mol. The number of amides is 1. The molecule has 8 nitrogen and oxygen atoms in total. The molecule has 2 aromatic carbocycles. The molecule has 0 saturated carbocycles. The lowest BCUT2D eigenvalue weighted by Crippen LogP contribution is -2.37. The number of hydrogen-bond donors (Lipinski definition) is 1. The molecule has 34 heavy (non-hydrogen) atoms. The lowest BCUT2D eigenvalue weighted by atomic mass is 10.0. The monoisotopic (exact) mass is 485 g/mol. The van der Waals surface area contributed by atoms with Crippen molar-refractivity contribution in [1.29, 1.82) is 0 Å². The van der Waals surface area contributed by atoms with E-state index in [2.05, 4.69) is 4.98 Å². The molecule has 3 aromatic rings. The Morgan fingerprint density at radius 2 is 2.03 bits per heavy atom. The third-order valence-corrected chi connectivity index (χ3v) is 5.99. The molecule has 1 aliphatic heterocycles. The Bertz CT molecular complexity index is 1060. The van der Waals surface area contributed by atoms with Gasteiger partial charge in [-0.15, -0.1) is 0 Å². The van der Waals surface area contributed by atoms with E-state index in [1.54, 1.807) is 43.7 Å². The second-order valence-electron chi connectivity index (χ2n) is 8.15. The highest BCUT2D eigenvalue weighted by atomic mass is 35.5. The topological polar surface area (TPSA) is 86.1 Å². The first-order chi connectivity index (χ1) is 16.5. The van der Waals surface area contributed by atoms with E-state index in [0.717, 1.165) is 12.0 Å². The molecule has 1 N–H and O–H groups in total. The highest BCUT2D eigenvalue weighted by Crippen LogP contribution is 2.31. The van der Waals surface area contributed by atoms with Crippen LogP contribution in [0.1, 0.15) is 18.9 Å². The van der Waals surface area contributed by atoms with Crippen LogP contribution in [0.5, 0.6) is 5.75 Å². The molecular weight excluding hydrogens is 458 g/mol. The maximum absolute atomic E-state index is 11.3. The van der Waals surface area contributed by atoms with Crippen molar-refractivity contribution in [2.24, 2.45) is 0 Å².